The lowest BCUT2D eigenvalue weighted by atomic mass is 9.76. The van der Waals surface area contributed by atoms with Crippen molar-refractivity contribution in [2.24, 2.45) is 5.41 Å². The van der Waals surface area contributed by atoms with Gasteiger partial charge in [-0.1, -0.05) is 24.3 Å². The molecule has 0 bridgehead atoms. The van der Waals surface area contributed by atoms with Crippen LogP contribution in [0.3, 0.4) is 0 Å². The van der Waals surface area contributed by atoms with Gasteiger partial charge in [0.15, 0.2) is 0 Å². The number of aliphatic hydroxyl groups is 1. The van der Waals surface area contributed by atoms with E-state index in [9.17, 15) is 5.11 Å². The van der Waals surface area contributed by atoms with Crippen molar-refractivity contribution >= 4 is 0 Å². The van der Waals surface area contributed by atoms with E-state index in [0.29, 0.717) is 0 Å². The fourth-order valence-electron chi connectivity index (χ4n) is 2.58. The molecule has 1 heterocycles. The lowest BCUT2D eigenvalue weighted by Crippen LogP contribution is -2.44. The van der Waals surface area contributed by atoms with E-state index in [4.69, 9.17) is 0 Å². The van der Waals surface area contributed by atoms with Gasteiger partial charge in [0.1, 0.15) is 0 Å². The van der Waals surface area contributed by atoms with E-state index in [1.54, 1.807) is 0 Å². The molecule has 0 radical (unpaired) electrons. The van der Waals surface area contributed by atoms with Crippen LogP contribution in [0.25, 0.3) is 0 Å². The van der Waals surface area contributed by atoms with Crippen LogP contribution in [0.15, 0.2) is 24.3 Å². The lowest BCUT2D eigenvalue weighted by Gasteiger charge is -2.36. The summed E-state index contributed by atoms with van der Waals surface area (Å²) in [5.74, 6) is 0. The highest BCUT2D eigenvalue weighted by Gasteiger charge is 2.31. The smallest absolute Gasteiger partial charge is 0.0502 e. The molecule has 1 aliphatic heterocycles. The molecule has 1 aromatic carbocycles. The number of hydrogen-bond acceptors (Lipinski definition) is 2. The third kappa shape index (κ3) is 2.45. The Morgan fingerprint density at radius 2 is 2.19 bits per heavy atom. The zero-order valence-electron chi connectivity index (χ0n) is 10.00. The predicted molar refractivity (Wildman–Crippen MR) is 66.5 cm³/mol. The van der Waals surface area contributed by atoms with Crippen LogP contribution in [0.4, 0.5) is 0 Å². The molecule has 1 aliphatic rings. The van der Waals surface area contributed by atoms with E-state index >= 15 is 0 Å². The van der Waals surface area contributed by atoms with Gasteiger partial charge < -0.3 is 10.4 Å². The van der Waals surface area contributed by atoms with Crippen LogP contribution in [0.5, 0.6) is 0 Å². The topological polar surface area (TPSA) is 32.3 Å². The average molecular weight is 219 g/mol. The fourth-order valence-corrected chi connectivity index (χ4v) is 2.58. The molecule has 2 rings (SSSR count). The van der Waals surface area contributed by atoms with E-state index in [1.165, 1.54) is 17.5 Å². The second kappa shape index (κ2) is 4.98. The largest absolute Gasteiger partial charge is 0.396 e. The number of rotatable bonds is 3. The van der Waals surface area contributed by atoms with Crippen molar-refractivity contribution in [1.82, 2.24) is 5.32 Å². The van der Waals surface area contributed by atoms with Crippen LogP contribution in [0, 0.1) is 12.3 Å². The van der Waals surface area contributed by atoms with E-state index in [1.807, 2.05) is 0 Å². The van der Waals surface area contributed by atoms with Gasteiger partial charge in [-0.15, -0.1) is 0 Å². The number of nitrogens with one attached hydrogen (secondary N) is 1. The molecule has 1 atom stereocenters. The average Bonchev–Trinajstić information content (AvgIpc) is 2.33. The molecule has 1 fully saturated rings. The minimum Gasteiger partial charge on any atom is -0.396 e. The first-order valence-electron chi connectivity index (χ1n) is 6.12. The van der Waals surface area contributed by atoms with Gasteiger partial charge >= 0.3 is 0 Å². The van der Waals surface area contributed by atoms with Crippen LogP contribution >= 0.6 is 0 Å². The SMILES string of the molecule is Cc1ccccc1C[C@]1(CO)CCCNC1. The molecule has 2 nitrogen and oxygen atoms in total. The predicted octanol–water partition coefficient (Wildman–Crippen LogP) is 1.90. The van der Waals surface area contributed by atoms with Crippen LogP contribution in [-0.4, -0.2) is 24.8 Å². The molecular weight excluding hydrogens is 198 g/mol. The molecule has 0 aromatic heterocycles. The third-order valence-electron chi connectivity index (χ3n) is 3.72. The Morgan fingerprint density at radius 1 is 1.38 bits per heavy atom. The van der Waals surface area contributed by atoms with Gasteiger partial charge in [0, 0.05) is 12.0 Å². The first kappa shape index (κ1) is 11.6. The Kier molecular flexibility index (Phi) is 3.62. The summed E-state index contributed by atoms with van der Waals surface area (Å²) in [5.41, 5.74) is 2.77. The summed E-state index contributed by atoms with van der Waals surface area (Å²) in [4.78, 5) is 0. The summed E-state index contributed by atoms with van der Waals surface area (Å²) in [6.07, 6.45) is 3.29. The minimum absolute atomic E-state index is 0.0599. The van der Waals surface area contributed by atoms with Crippen molar-refractivity contribution < 1.29 is 5.11 Å². The third-order valence-corrected chi connectivity index (χ3v) is 3.72. The number of hydrogen-bond donors (Lipinski definition) is 2. The van der Waals surface area contributed by atoms with E-state index < -0.39 is 0 Å². The zero-order valence-corrected chi connectivity index (χ0v) is 10.00. The first-order chi connectivity index (χ1) is 7.76. The molecule has 1 aromatic rings. The molecule has 2 N–H and O–H groups in total. The van der Waals surface area contributed by atoms with Crippen molar-refractivity contribution in [2.75, 3.05) is 19.7 Å². The maximum absolute atomic E-state index is 9.65. The van der Waals surface area contributed by atoms with Gasteiger partial charge in [0.25, 0.3) is 0 Å². The zero-order chi connectivity index (χ0) is 11.4. The number of benzene rings is 1. The van der Waals surface area contributed by atoms with Gasteiger partial charge in [-0.3, -0.25) is 0 Å². The highest BCUT2D eigenvalue weighted by atomic mass is 16.3. The fraction of sp³-hybridized carbons (Fsp3) is 0.571. The standard InChI is InChI=1S/C14H21NO/c1-12-5-2-3-6-13(12)9-14(11-16)7-4-8-15-10-14/h2-3,5-6,15-16H,4,7-11H2,1H3/t14-/m1/s1. The van der Waals surface area contributed by atoms with Gasteiger partial charge in [-0.05, 0) is 43.9 Å². The Balaban J connectivity index is 2.15. The van der Waals surface area contributed by atoms with Crippen LogP contribution < -0.4 is 5.32 Å². The number of piperidine rings is 1. The summed E-state index contributed by atoms with van der Waals surface area (Å²) in [6.45, 7) is 4.47. The van der Waals surface area contributed by atoms with E-state index in [0.717, 1.165) is 25.9 Å². The van der Waals surface area contributed by atoms with Gasteiger partial charge in [-0.25, -0.2) is 0 Å². The number of aliphatic hydroxyl groups excluding tert-OH is 1. The Labute approximate surface area is 97.7 Å². The summed E-state index contributed by atoms with van der Waals surface area (Å²) in [5, 5.41) is 13.1. The Morgan fingerprint density at radius 3 is 2.81 bits per heavy atom. The molecule has 2 heteroatoms. The lowest BCUT2D eigenvalue weighted by molar-refractivity contribution is 0.0946. The van der Waals surface area contributed by atoms with Gasteiger partial charge in [0.05, 0.1) is 6.61 Å². The second-order valence-electron chi connectivity index (χ2n) is 5.04. The maximum atomic E-state index is 9.65. The van der Waals surface area contributed by atoms with Crippen molar-refractivity contribution in [3.63, 3.8) is 0 Å². The molecule has 16 heavy (non-hydrogen) atoms. The van der Waals surface area contributed by atoms with Crippen molar-refractivity contribution in [3.05, 3.63) is 35.4 Å². The van der Waals surface area contributed by atoms with E-state index in [-0.39, 0.29) is 12.0 Å². The Hall–Kier alpha value is -0.860. The molecule has 88 valence electrons. The molecule has 0 spiro atoms. The maximum Gasteiger partial charge on any atom is 0.0502 e. The monoisotopic (exact) mass is 219 g/mol. The summed E-state index contributed by atoms with van der Waals surface area (Å²) in [6, 6.07) is 8.49. The molecule has 0 unspecified atom stereocenters. The van der Waals surface area contributed by atoms with Gasteiger partial charge in [-0.2, -0.15) is 0 Å². The highest BCUT2D eigenvalue weighted by Crippen LogP contribution is 2.30. The highest BCUT2D eigenvalue weighted by molar-refractivity contribution is 5.27. The van der Waals surface area contributed by atoms with Crippen molar-refractivity contribution in [2.45, 2.75) is 26.2 Å². The second-order valence-corrected chi connectivity index (χ2v) is 5.04. The summed E-state index contributed by atoms with van der Waals surface area (Å²) >= 11 is 0. The number of aryl methyl sites for hydroxylation is 1. The normalized spacial score (nSPS) is 25.6. The van der Waals surface area contributed by atoms with Crippen molar-refractivity contribution in [3.8, 4) is 0 Å². The molecule has 1 saturated heterocycles. The quantitative estimate of drug-likeness (QED) is 0.814. The van der Waals surface area contributed by atoms with Crippen LogP contribution in [0.1, 0.15) is 24.0 Å². The molecule has 0 saturated carbocycles. The van der Waals surface area contributed by atoms with E-state index in [2.05, 4.69) is 36.5 Å². The summed E-state index contributed by atoms with van der Waals surface area (Å²) < 4.78 is 0. The summed E-state index contributed by atoms with van der Waals surface area (Å²) in [7, 11) is 0. The van der Waals surface area contributed by atoms with Crippen LogP contribution in [-0.2, 0) is 6.42 Å². The first-order valence-corrected chi connectivity index (χ1v) is 6.12. The van der Waals surface area contributed by atoms with Crippen LogP contribution in [0.2, 0.25) is 0 Å². The minimum atomic E-state index is 0.0599. The Bertz CT molecular complexity index is 342. The molecule has 0 aliphatic carbocycles. The molecular formula is C14H21NO. The van der Waals surface area contributed by atoms with Gasteiger partial charge in [0.2, 0.25) is 0 Å². The van der Waals surface area contributed by atoms with Crippen molar-refractivity contribution in [1.29, 1.82) is 0 Å². The molecule has 0 amide bonds.